The summed E-state index contributed by atoms with van der Waals surface area (Å²) in [5.41, 5.74) is 2.69. The fraction of sp³-hybridized carbons (Fsp3) is 0.370. The number of carbonyl (C=O) groups excluding carboxylic acids is 3. The van der Waals surface area contributed by atoms with Crippen LogP contribution in [0.3, 0.4) is 0 Å². The third kappa shape index (κ3) is 8.08. The van der Waals surface area contributed by atoms with Crippen LogP contribution < -0.4 is 10.6 Å². The highest BCUT2D eigenvalue weighted by Gasteiger charge is 2.35. The van der Waals surface area contributed by atoms with Crippen LogP contribution in [0.15, 0.2) is 48.5 Å². The quantitative estimate of drug-likeness (QED) is 0.294. The number of aryl methyl sites for hydroxylation is 2. The number of amides is 3. The van der Waals surface area contributed by atoms with Crippen LogP contribution in [-0.4, -0.2) is 40.2 Å². The van der Waals surface area contributed by atoms with Crippen molar-refractivity contribution in [1.82, 2.24) is 15.5 Å². The highest BCUT2D eigenvalue weighted by molar-refractivity contribution is 7.80. The van der Waals surface area contributed by atoms with E-state index in [-0.39, 0.29) is 12.3 Å². The number of nitrogens with zero attached hydrogens (tertiary/aromatic N) is 1. The number of hydrogen-bond donors (Lipinski definition) is 3. The van der Waals surface area contributed by atoms with E-state index < -0.39 is 35.6 Å². The van der Waals surface area contributed by atoms with Gasteiger partial charge in [-0.1, -0.05) is 55.0 Å². The smallest absolute Gasteiger partial charge is 0.408 e. The van der Waals surface area contributed by atoms with E-state index in [4.69, 9.17) is 11.2 Å². The van der Waals surface area contributed by atoms with Crippen LogP contribution >= 0.6 is 12.6 Å². The molecule has 0 saturated carbocycles. The van der Waals surface area contributed by atoms with E-state index in [1.165, 1.54) is 0 Å². The molecule has 2 atom stereocenters. The highest BCUT2D eigenvalue weighted by Crippen LogP contribution is 2.24. The van der Waals surface area contributed by atoms with Gasteiger partial charge in [0.05, 0.1) is 0 Å². The minimum atomic E-state index is -1.11. The molecule has 2 aromatic rings. The second-order valence-corrected chi connectivity index (χ2v) is 9.53. The van der Waals surface area contributed by atoms with E-state index in [0.29, 0.717) is 5.56 Å². The molecule has 7 nitrogen and oxygen atoms in total. The van der Waals surface area contributed by atoms with Gasteiger partial charge >= 0.3 is 6.09 Å². The van der Waals surface area contributed by atoms with Crippen LogP contribution in [0.5, 0.6) is 0 Å². The van der Waals surface area contributed by atoms with Crippen molar-refractivity contribution in [2.75, 3.05) is 5.75 Å². The number of benzene rings is 2. The maximum atomic E-state index is 13.4. The van der Waals surface area contributed by atoms with Gasteiger partial charge < -0.3 is 15.4 Å². The molecule has 0 radical (unpaired) electrons. The number of thiol groups is 1. The third-order valence-corrected chi connectivity index (χ3v) is 5.58. The lowest BCUT2D eigenvalue weighted by molar-refractivity contribution is -0.138. The van der Waals surface area contributed by atoms with Crippen molar-refractivity contribution in [1.29, 1.82) is 0 Å². The van der Waals surface area contributed by atoms with Gasteiger partial charge in [-0.25, -0.2) is 4.79 Å². The fourth-order valence-electron chi connectivity index (χ4n) is 3.30. The lowest BCUT2D eigenvalue weighted by Gasteiger charge is -2.30. The first kappa shape index (κ1) is 27.8. The molecule has 0 aliphatic heterocycles. The van der Waals surface area contributed by atoms with Crippen molar-refractivity contribution in [2.24, 2.45) is 0 Å². The Morgan fingerprint density at radius 3 is 2.29 bits per heavy atom. The Morgan fingerprint density at radius 1 is 1.09 bits per heavy atom. The fourth-order valence-corrected chi connectivity index (χ4v) is 3.55. The summed E-state index contributed by atoms with van der Waals surface area (Å²) in [4.78, 5) is 40.1. The predicted octanol–water partition coefficient (Wildman–Crippen LogP) is 3.90. The SMILES string of the molecule is C#CN(C(=O)C(CS)NC(=O)OC(C)(C)C)C(C(=O)NCc1ccccc1)c1ccc(C)c(C)c1. The van der Waals surface area contributed by atoms with Crippen molar-refractivity contribution < 1.29 is 19.1 Å². The first-order valence-corrected chi connectivity index (χ1v) is 11.9. The molecule has 3 amide bonds. The number of ether oxygens (including phenoxy) is 1. The van der Waals surface area contributed by atoms with Crippen LogP contribution in [-0.2, 0) is 20.9 Å². The summed E-state index contributed by atoms with van der Waals surface area (Å²) in [6, 6.07) is 15.0. The topological polar surface area (TPSA) is 87.7 Å². The van der Waals surface area contributed by atoms with Crippen molar-refractivity contribution in [3.8, 4) is 12.5 Å². The summed E-state index contributed by atoms with van der Waals surface area (Å²) in [7, 11) is 0. The predicted molar refractivity (Wildman–Crippen MR) is 140 cm³/mol. The van der Waals surface area contributed by atoms with Gasteiger partial charge in [0.2, 0.25) is 5.91 Å². The monoisotopic (exact) mass is 495 g/mol. The van der Waals surface area contributed by atoms with Crippen LogP contribution in [0.4, 0.5) is 4.79 Å². The van der Waals surface area contributed by atoms with Gasteiger partial charge in [0.25, 0.3) is 5.91 Å². The van der Waals surface area contributed by atoms with Gasteiger partial charge in [-0.3, -0.25) is 14.5 Å². The summed E-state index contributed by atoms with van der Waals surface area (Å²) >= 11 is 4.21. The lowest BCUT2D eigenvalue weighted by atomic mass is 9.98. The number of carbonyl (C=O) groups is 3. The second-order valence-electron chi connectivity index (χ2n) is 9.17. The molecule has 2 rings (SSSR count). The lowest BCUT2D eigenvalue weighted by Crippen LogP contribution is -2.52. The molecule has 0 saturated heterocycles. The summed E-state index contributed by atoms with van der Waals surface area (Å²) < 4.78 is 5.26. The Bertz CT molecular complexity index is 1090. The molecule has 2 aromatic carbocycles. The van der Waals surface area contributed by atoms with Crippen LogP contribution in [0.25, 0.3) is 0 Å². The summed E-state index contributed by atoms with van der Waals surface area (Å²) in [5.74, 6) is -1.13. The Balaban J connectivity index is 2.36. The summed E-state index contributed by atoms with van der Waals surface area (Å²) in [6.45, 7) is 9.27. The highest BCUT2D eigenvalue weighted by atomic mass is 32.1. The van der Waals surface area contributed by atoms with Gasteiger partial charge in [-0.2, -0.15) is 12.6 Å². The minimum absolute atomic E-state index is 0.0401. The summed E-state index contributed by atoms with van der Waals surface area (Å²) in [6.07, 6.45) is 4.98. The summed E-state index contributed by atoms with van der Waals surface area (Å²) in [5, 5.41) is 5.38. The third-order valence-electron chi connectivity index (χ3n) is 5.21. The molecule has 2 unspecified atom stereocenters. The standard InChI is InChI=1S/C27H33N3O4S/c1-7-30(25(32)22(17-35)29-26(33)34-27(4,5)6)23(21-14-13-18(2)19(3)15-21)24(31)28-16-20-11-9-8-10-12-20/h1,8-15,22-23,35H,16-17H2,2-6H3,(H,28,31)(H,29,33). The maximum absolute atomic E-state index is 13.4. The number of rotatable bonds is 8. The molecule has 35 heavy (non-hydrogen) atoms. The normalized spacial score (nSPS) is 12.6. The zero-order chi connectivity index (χ0) is 26.2. The molecule has 0 aliphatic carbocycles. The van der Waals surface area contributed by atoms with Gasteiger partial charge in [-0.15, -0.1) is 0 Å². The molecular formula is C27H33N3O4S. The Hall–Kier alpha value is -3.44. The van der Waals surface area contributed by atoms with Crippen molar-refractivity contribution in [3.05, 3.63) is 70.8 Å². The van der Waals surface area contributed by atoms with E-state index in [0.717, 1.165) is 21.6 Å². The van der Waals surface area contributed by atoms with Crippen LogP contribution in [0.2, 0.25) is 0 Å². The van der Waals surface area contributed by atoms with Gasteiger partial charge in [0.15, 0.2) is 0 Å². The average molecular weight is 496 g/mol. The molecule has 0 bridgehead atoms. The van der Waals surface area contributed by atoms with Crippen molar-refractivity contribution in [3.63, 3.8) is 0 Å². The molecule has 0 heterocycles. The second kappa shape index (κ2) is 12.3. The zero-order valence-corrected chi connectivity index (χ0v) is 21.7. The van der Waals surface area contributed by atoms with E-state index in [9.17, 15) is 14.4 Å². The number of hydrogen-bond acceptors (Lipinski definition) is 5. The van der Waals surface area contributed by atoms with Crippen molar-refractivity contribution in [2.45, 2.75) is 58.8 Å². The van der Waals surface area contributed by atoms with E-state index in [2.05, 4.69) is 29.3 Å². The molecule has 186 valence electrons. The van der Waals surface area contributed by atoms with Gasteiger partial charge in [0.1, 0.15) is 17.7 Å². The van der Waals surface area contributed by atoms with Crippen molar-refractivity contribution >= 4 is 30.5 Å². The van der Waals surface area contributed by atoms with E-state index in [1.807, 2.05) is 56.3 Å². The number of nitrogens with one attached hydrogen (secondary N) is 2. The first-order valence-electron chi connectivity index (χ1n) is 11.2. The molecule has 0 aliphatic rings. The Labute approximate surface area is 213 Å². The molecular weight excluding hydrogens is 462 g/mol. The first-order chi connectivity index (χ1) is 16.5. The average Bonchev–Trinajstić information content (AvgIpc) is 2.80. The Kier molecular flexibility index (Phi) is 9.78. The van der Waals surface area contributed by atoms with Crippen LogP contribution in [0, 0.1) is 26.3 Å². The molecule has 0 aromatic heterocycles. The van der Waals surface area contributed by atoms with Gasteiger partial charge in [-0.05, 0) is 56.9 Å². The minimum Gasteiger partial charge on any atom is -0.444 e. The number of alkyl carbamates (subject to hydrolysis) is 1. The zero-order valence-electron chi connectivity index (χ0n) is 20.8. The maximum Gasteiger partial charge on any atom is 0.408 e. The molecule has 2 N–H and O–H groups in total. The van der Waals surface area contributed by atoms with Gasteiger partial charge in [0, 0.05) is 18.3 Å². The largest absolute Gasteiger partial charge is 0.444 e. The van der Waals surface area contributed by atoms with Crippen LogP contribution in [0.1, 0.15) is 49.1 Å². The molecule has 0 spiro atoms. The Morgan fingerprint density at radius 2 is 1.74 bits per heavy atom. The van der Waals surface area contributed by atoms with E-state index in [1.54, 1.807) is 26.8 Å². The number of terminal acetylenes is 1. The van der Waals surface area contributed by atoms with E-state index >= 15 is 0 Å². The molecule has 0 fully saturated rings. The molecule has 8 heteroatoms.